The zero-order valence-corrected chi connectivity index (χ0v) is 10.0. The Morgan fingerprint density at radius 3 is 2.43 bits per heavy atom. The lowest BCUT2D eigenvalue weighted by Crippen LogP contribution is -1.98. The monoisotopic (exact) mass is 260 g/mol. The van der Waals surface area contributed by atoms with Crippen LogP contribution in [0.4, 0.5) is 0 Å². The van der Waals surface area contributed by atoms with Crippen molar-refractivity contribution in [3.8, 4) is 11.5 Å². The quantitative estimate of drug-likeness (QED) is 0.907. The summed E-state index contributed by atoms with van der Waals surface area (Å²) in [6.45, 7) is 1.85. The van der Waals surface area contributed by atoms with Gasteiger partial charge < -0.3 is 14.6 Å². The van der Waals surface area contributed by atoms with Crippen molar-refractivity contribution in [2.75, 3.05) is 14.2 Å². The topological polar surface area (TPSA) is 38.7 Å². The van der Waals surface area contributed by atoms with Gasteiger partial charge in [-0.05, 0) is 28.9 Å². The van der Waals surface area contributed by atoms with Crippen LogP contribution in [-0.4, -0.2) is 19.3 Å². The summed E-state index contributed by atoms with van der Waals surface area (Å²) in [5.41, 5.74) is 1.65. The Balaban J connectivity index is 3.38. The summed E-state index contributed by atoms with van der Waals surface area (Å²) in [5, 5.41) is 9.13. The Bertz CT molecular complexity index is 337. The molecule has 0 bridgehead atoms. The molecule has 0 aliphatic carbocycles. The van der Waals surface area contributed by atoms with Gasteiger partial charge in [-0.1, -0.05) is 0 Å². The maximum Gasteiger partial charge on any atom is 0.133 e. The van der Waals surface area contributed by atoms with E-state index < -0.39 is 0 Å². The molecule has 1 N–H and O–H groups in total. The van der Waals surface area contributed by atoms with Gasteiger partial charge >= 0.3 is 0 Å². The van der Waals surface area contributed by atoms with E-state index in [0.717, 1.165) is 15.6 Å². The first-order valence-electron chi connectivity index (χ1n) is 4.16. The summed E-state index contributed by atoms with van der Waals surface area (Å²) in [7, 11) is 3.17. The van der Waals surface area contributed by atoms with Crippen molar-refractivity contribution in [1.29, 1.82) is 0 Å². The number of methoxy groups -OCH3 is 2. The largest absolute Gasteiger partial charge is 0.496 e. The standard InChI is InChI=1S/C10H13BrO3/c1-6-9(11)8(13-2)4-7(5-12)10(6)14-3/h4,12H,5H2,1-3H3. The second-order valence-corrected chi connectivity index (χ2v) is 3.66. The number of benzene rings is 1. The van der Waals surface area contributed by atoms with Gasteiger partial charge in [-0.3, -0.25) is 0 Å². The molecular formula is C10H13BrO3. The predicted molar refractivity (Wildman–Crippen MR) is 57.9 cm³/mol. The molecule has 0 atom stereocenters. The molecule has 0 aliphatic heterocycles. The van der Waals surface area contributed by atoms with Gasteiger partial charge in [0.2, 0.25) is 0 Å². The molecule has 0 radical (unpaired) electrons. The Hall–Kier alpha value is -0.740. The molecule has 0 saturated heterocycles. The zero-order chi connectivity index (χ0) is 10.7. The number of hydrogen-bond acceptors (Lipinski definition) is 3. The second-order valence-electron chi connectivity index (χ2n) is 2.87. The van der Waals surface area contributed by atoms with E-state index in [0.29, 0.717) is 11.5 Å². The molecule has 1 aromatic rings. The van der Waals surface area contributed by atoms with Crippen molar-refractivity contribution >= 4 is 15.9 Å². The molecule has 0 aliphatic rings. The first kappa shape index (κ1) is 11.3. The van der Waals surface area contributed by atoms with Crippen LogP contribution in [-0.2, 0) is 6.61 Å². The number of rotatable bonds is 3. The van der Waals surface area contributed by atoms with Crippen LogP contribution in [0, 0.1) is 6.92 Å². The molecule has 4 heteroatoms. The highest BCUT2D eigenvalue weighted by atomic mass is 79.9. The Morgan fingerprint density at radius 2 is 2.00 bits per heavy atom. The van der Waals surface area contributed by atoms with Crippen LogP contribution in [0.15, 0.2) is 10.5 Å². The van der Waals surface area contributed by atoms with Gasteiger partial charge in [0.25, 0.3) is 0 Å². The van der Waals surface area contributed by atoms with E-state index in [9.17, 15) is 0 Å². The molecule has 0 unspecified atom stereocenters. The van der Waals surface area contributed by atoms with E-state index in [1.54, 1.807) is 20.3 Å². The van der Waals surface area contributed by atoms with Crippen LogP contribution in [0.3, 0.4) is 0 Å². The molecule has 1 aromatic carbocycles. The number of halogens is 1. The van der Waals surface area contributed by atoms with Crippen LogP contribution in [0.5, 0.6) is 11.5 Å². The third-order valence-corrected chi connectivity index (χ3v) is 3.06. The Morgan fingerprint density at radius 1 is 1.36 bits per heavy atom. The summed E-state index contributed by atoms with van der Waals surface area (Å²) in [6.07, 6.45) is 0. The van der Waals surface area contributed by atoms with Crippen LogP contribution in [0.1, 0.15) is 11.1 Å². The summed E-state index contributed by atoms with van der Waals surface area (Å²) in [6, 6.07) is 1.76. The van der Waals surface area contributed by atoms with Crippen molar-refractivity contribution in [3.63, 3.8) is 0 Å². The third kappa shape index (κ3) is 1.86. The lowest BCUT2D eigenvalue weighted by molar-refractivity contribution is 0.272. The van der Waals surface area contributed by atoms with Gasteiger partial charge in [0.1, 0.15) is 11.5 Å². The molecule has 78 valence electrons. The minimum absolute atomic E-state index is 0.0619. The van der Waals surface area contributed by atoms with Gasteiger partial charge in [0.15, 0.2) is 0 Å². The summed E-state index contributed by atoms with van der Waals surface area (Å²) in [5.74, 6) is 1.40. The summed E-state index contributed by atoms with van der Waals surface area (Å²) in [4.78, 5) is 0. The minimum Gasteiger partial charge on any atom is -0.496 e. The molecule has 14 heavy (non-hydrogen) atoms. The van der Waals surface area contributed by atoms with E-state index >= 15 is 0 Å². The van der Waals surface area contributed by atoms with E-state index in [-0.39, 0.29) is 6.61 Å². The zero-order valence-electron chi connectivity index (χ0n) is 8.43. The second kappa shape index (κ2) is 4.66. The molecule has 0 fully saturated rings. The van der Waals surface area contributed by atoms with Gasteiger partial charge in [-0.25, -0.2) is 0 Å². The maximum atomic E-state index is 9.13. The van der Waals surface area contributed by atoms with Crippen LogP contribution in [0.2, 0.25) is 0 Å². The molecule has 1 rings (SSSR count). The molecule has 0 aromatic heterocycles. The highest BCUT2D eigenvalue weighted by Crippen LogP contribution is 2.37. The lowest BCUT2D eigenvalue weighted by atomic mass is 10.1. The van der Waals surface area contributed by atoms with Crippen LogP contribution >= 0.6 is 15.9 Å². The molecule has 0 amide bonds. The smallest absolute Gasteiger partial charge is 0.133 e. The SMILES string of the molecule is COc1cc(CO)c(OC)c(C)c1Br. The number of aliphatic hydroxyl groups excluding tert-OH is 1. The summed E-state index contributed by atoms with van der Waals surface area (Å²) < 4.78 is 11.2. The van der Waals surface area contributed by atoms with Gasteiger partial charge in [0.05, 0.1) is 25.3 Å². The maximum absolute atomic E-state index is 9.13. The van der Waals surface area contributed by atoms with E-state index in [1.165, 1.54) is 0 Å². The third-order valence-electron chi connectivity index (χ3n) is 2.08. The van der Waals surface area contributed by atoms with Crippen molar-refractivity contribution in [2.24, 2.45) is 0 Å². The van der Waals surface area contributed by atoms with Crippen LogP contribution < -0.4 is 9.47 Å². The fraction of sp³-hybridized carbons (Fsp3) is 0.400. The van der Waals surface area contributed by atoms with Crippen molar-refractivity contribution in [1.82, 2.24) is 0 Å². The fourth-order valence-electron chi connectivity index (χ4n) is 1.36. The highest BCUT2D eigenvalue weighted by Gasteiger charge is 2.13. The van der Waals surface area contributed by atoms with Crippen molar-refractivity contribution in [2.45, 2.75) is 13.5 Å². The van der Waals surface area contributed by atoms with Gasteiger partial charge in [0, 0.05) is 11.1 Å². The average Bonchev–Trinajstić information content (AvgIpc) is 2.21. The van der Waals surface area contributed by atoms with E-state index in [1.807, 2.05) is 6.92 Å². The number of hydrogen-bond donors (Lipinski definition) is 1. The average molecular weight is 261 g/mol. The Kier molecular flexibility index (Phi) is 3.77. The fourth-order valence-corrected chi connectivity index (χ4v) is 1.82. The van der Waals surface area contributed by atoms with Crippen molar-refractivity contribution < 1.29 is 14.6 Å². The Labute approximate surface area is 91.8 Å². The number of aliphatic hydroxyl groups is 1. The van der Waals surface area contributed by atoms with E-state index in [4.69, 9.17) is 14.6 Å². The molecule has 0 saturated carbocycles. The molecule has 3 nitrogen and oxygen atoms in total. The van der Waals surface area contributed by atoms with Gasteiger partial charge in [-0.15, -0.1) is 0 Å². The predicted octanol–water partition coefficient (Wildman–Crippen LogP) is 2.27. The molecule has 0 heterocycles. The minimum atomic E-state index is -0.0619. The van der Waals surface area contributed by atoms with Gasteiger partial charge in [-0.2, -0.15) is 0 Å². The normalized spacial score (nSPS) is 10.1. The van der Waals surface area contributed by atoms with Crippen LogP contribution in [0.25, 0.3) is 0 Å². The number of ether oxygens (including phenoxy) is 2. The van der Waals surface area contributed by atoms with E-state index in [2.05, 4.69) is 15.9 Å². The first-order chi connectivity index (χ1) is 6.65. The first-order valence-corrected chi connectivity index (χ1v) is 4.95. The molecule has 0 spiro atoms. The molecular weight excluding hydrogens is 248 g/mol. The van der Waals surface area contributed by atoms with Crippen molar-refractivity contribution in [3.05, 3.63) is 21.7 Å². The summed E-state index contributed by atoms with van der Waals surface area (Å²) >= 11 is 3.41. The lowest BCUT2D eigenvalue weighted by Gasteiger charge is -2.14. The highest BCUT2D eigenvalue weighted by molar-refractivity contribution is 9.10.